The van der Waals surface area contributed by atoms with Crippen LogP contribution >= 0.6 is 0 Å². The summed E-state index contributed by atoms with van der Waals surface area (Å²) >= 11 is 0. The molecule has 0 aromatic carbocycles. The van der Waals surface area contributed by atoms with Crippen LogP contribution in [0.3, 0.4) is 0 Å². The standard InChI is InChI=1S/C17H22N4O3/c1-17(2,3)23-16(22)19-13-8-4-7-12(13)15-20-14(21-24-15)11-6-5-9-18-10-11/h5-6,9-10,12-13H,4,7-8H2,1-3H3,(H,19,22)/t12-,13+/m0/s1. The van der Waals surface area contributed by atoms with Crippen molar-refractivity contribution < 1.29 is 14.1 Å². The number of carbonyl (C=O) groups excluding carboxylic acids is 1. The van der Waals surface area contributed by atoms with Crippen LogP contribution in [0.2, 0.25) is 0 Å². The van der Waals surface area contributed by atoms with Crippen LogP contribution in [-0.2, 0) is 4.74 Å². The molecule has 7 heteroatoms. The second-order valence-corrected chi connectivity index (χ2v) is 6.99. The van der Waals surface area contributed by atoms with Crippen molar-refractivity contribution in [1.29, 1.82) is 0 Å². The third-order valence-corrected chi connectivity index (χ3v) is 3.90. The summed E-state index contributed by atoms with van der Waals surface area (Å²) < 4.78 is 10.8. The van der Waals surface area contributed by atoms with E-state index < -0.39 is 11.7 Å². The van der Waals surface area contributed by atoms with Crippen molar-refractivity contribution in [3.63, 3.8) is 0 Å². The van der Waals surface area contributed by atoms with Crippen LogP contribution < -0.4 is 5.32 Å². The van der Waals surface area contributed by atoms with Gasteiger partial charge in [0.15, 0.2) is 0 Å². The Morgan fingerprint density at radius 2 is 2.21 bits per heavy atom. The Morgan fingerprint density at radius 3 is 2.92 bits per heavy atom. The lowest BCUT2D eigenvalue weighted by Gasteiger charge is -2.23. The Morgan fingerprint density at radius 1 is 1.38 bits per heavy atom. The van der Waals surface area contributed by atoms with Gasteiger partial charge in [0.05, 0.1) is 5.92 Å². The van der Waals surface area contributed by atoms with E-state index >= 15 is 0 Å². The van der Waals surface area contributed by atoms with Crippen molar-refractivity contribution in [1.82, 2.24) is 20.4 Å². The van der Waals surface area contributed by atoms with Gasteiger partial charge in [0.25, 0.3) is 0 Å². The van der Waals surface area contributed by atoms with Crippen molar-refractivity contribution >= 4 is 6.09 Å². The van der Waals surface area contributed by atoms with E-state index in [1.807, 2.05) is 32.9 Å². The first kappa shape index (κ1) is 16.4. The smallest absolute Gasteiger partial charge is 0.407 e. The van der Waals surface area contributed by atoms with E-state index in [1.165, 1.54) is 0 Å². The summed E-state index contributed by atoms with van der Waals surface area (Å²) in [6, 6.07) is 3.66. The zero-order chi connectivity index (χ0) is 17.2. The van der Waals surface area contributed by atoms with Gasteiger partial charge in [-0.15, -0.1) is 0 Å². The van der Waals surface area contributed by atoms with Gasteiger partial charge in [0.1, 0.15) is 5.60 Å². The molecule has 3 rings (SSSR count). The Hall–Kier alpha value is -2.44. The molecule has 2 aromatic heterocycles. The zero-order valence-electron chi connectivity index (χ0n) is 14.2. The number of pyridine rings is 1. The molecule has 2 aromatic rings. The molecule has 1 saturated carbocycles. The van der Waals surface area contributed by atoms with Crippen molar-refractivity contribution in [3.05, 3.63) is 30.4 Å². The Kier molecular flexibility index (Phi) is 4.51. The first-order valence-electron chi connectivity index (χ1n) is 8.16. The van der Waals surface area contributed by atoms with Crippen LogP contribution in [-0.4, -0.2) is 32.9 Å². The number of nitrogens with one attached hydrogen (secondary N) is 1. The highest BCUT2D eigenvalue weighted by Gasteiger charge is 2.35. The minimum absolute atomic E-state index is 0.00967. The van der Waals surface area contributed by atoms with Crippen LogP contribution in [0.1, 0.15) is 51.8 Å². The largest absolute Gasteiger partial charge is 0.444 e. The molecule has 2 atom stereocenters. The first-order chi connectivity index (χ1) is 11.4. The molecular weight excluding hydrogens is 308 g/mol. The lowest BCUT2D eigenvalue weighted by Crippen LogP contribution is -2.40. The molecular formula is C17H22N4O3. The van der Waals surface area contributed by atoms with Crippen molar-refractivity contribution in [3.8, 4) is 11.4 Å². The number of hydrogen-bond donors (Lipinski definition) is 1. The molecule has 1 fully saturated rings. The number of aromatic nitrogens is 3. The number of nitrogens with zero attached hydrogens (tertiary/aromatic N) is 3. The fourth-order valence-electron chi connectivity index (χ4n) is 2.89. The second-order valence-electron chi connectivity index (χ2n) is 6.99. The van der Waals surface area contributed by atoms with E-state index in [1.54, 1.807) is 12.4 Å². The number of rotatable bonds is 3. The molecule has 0 radical (unpaired) electrons. The van der Waals surface area contributed by atoms with E-state index in [4.69, 9.17) is 9.26 Å². The van der Waals surface area contributed by atoms with Crippen molar-refractivity contribution in [2.75, 3.05) is 0 Å². The van der Waals surface area contributed by atoms with E-state index in [0.29, 0.717) is 11.7 Å². The normalized spacial score (nSPS) is 20.8. The summed E-state index contributed by atoms with van der Waals surface area (Å²) in [6.07, 6.45) is 5.74. The fraction of sp³-hybridized carbons (Fsp3) is 0.529. The SMILES string of the molecule is CC(C)(C)OC(=O)N[C@@H]1CCC[C@@H]1c1nc(-c2cccnc2)no1. The number of alkyl carbamates (subject to hydrolysis) is 1. The van der Waals surface area contributed by atoms with E-state index in [0.717, 1.165) is 24.8 Å². The van der Waals surface area contributed by atoms with E-state index in [-0.39, 0.29) is 12.0 Å². The first-order valence-corrected chi connectivity index (χ1v) is 8.16. The van der Waals surface area contributed by atoms with Gasteiger partial charge in [-0.25, -0.2) is 4.79 Å². The van der Waals surface area contributed by atoms with Crippen LogP contribution in [0.4, 0.5) is 4.79 Å². The van der Waals surface area contributed by atoms with Gasteiger partial charge in [-0.05, 0) is 45.7 Å². The van der Waals surface area contributed by atoms with E-state index in [9.17, 15) is 4.79 Å². The summed E-state index contributed by atoms with van der Waals surface area (Å²) in [7, 11) is 0. The molecule has 1 N–H and O–H groups in total. The predicted octanol–water partition coefficient (Wildman–Crippen LogP) is 3.29. The number of carbonyl (C=O) groups is 1. The molecule has 1 amide bonds. The maximum absolute atomic E-state index is 12.0. The molecule has 0 spiro atoms. The van der Waals surface area contributed by atoms with Crippen LogP contribution in [0.25, 0.3) is 11.4 Å². The van der Waals surface area contributed by atoms with Gasteiger partial charge in [-0.3, -0.25) is 4.98 Å². The minimum atomic E-state index is -0.518. The molecule has 24 heavy (non-hydrogen) atoms. The summed E-state index contributed by atoms with van der Waals surface area (Å²) in [6.45, 7) is 5.53. The molecule has 2 heterocycles. The average Bonchev–Trinajstić information content (AvgIpc) is 3.14. The Labute approximate surface area is 140 Å². The molecule has 0 aliphatic heterocycles. The van der Waals surface area contributed by atoms with Gasteiger partial charge in [-0.2, -0.15) is 4.98 Å². The summed E-state index contributed by atoms with van der Waals surface area (Å²) in [4.78, 5) is 20.6. The molecule has 7 nitrogen and oxygen atoms in total. The lowest BCUT2D eigenvalue weighted by molar-refractivity contribution is 0.0498. The third kappa shape index (κ3) is 3.90. The fourth-order valence-corrected chi connectivity index (χ4v) is 2.89. The lowest BCUT2D eigenvalue weighted by atomic mass is 10.0. The minimum Gasteiger partial charge on any atom is -0.444 e. The Bertz CT molecular complexity index is 693. The molecule has 0 saturated heterocycles. The Balaban J connectivity index is 1.70. The predicted molar refractivity (Wildman–Crippen MR) is 87.3 cm³/mol. The molecule has 128 valence electrons. The summed E-state index contributed by atoms with van der Waals surface area (Å²) in [5, 5.41) is 6.97. The molecule has 1 aliphatic carbocycles. The molecule has 0 unspecified atom stereocenters. The van der Waals surface area contributed by atoms with Crippen molar-refractivity contribution in [2.24, 2.45) is 0 Å². The van der Waals surface area contributed by atoms with Gasteiger partial charge in [0, 0.05) is 24.0 Å². The zero-order valence-corrected chi connectivity index (χ0v) is 14.2. The van der Waals surface area contributed by atoms with Gasteiger partial charge < -0.3 is 14.6 Å². The molecule has 1 aliphatic rings. The maximum Gasteiger partial charge on any atom is 0.407 e. The number of hydrogen-bond acceptors (Lipinski definition) is 6. The maximum atomic E-state index is 12.0. The quantitative estimate of drug-likeness (QED) is 0.928. The highest BCUT2D eigenvalue weighted by atomic mass is 16.6. The van der Waals surface area contributed by atoms with Crippen LogP contribution in [0.15, 0.2) is 29.0 Å². The molecule has 0 bridgehead atoms. The van der Waals surface area contributed by atoms with Gasteiger partial charge in [0.2, 0.25) is 11.7 Å². The summed E-state index contributed by atoms with van der Waals surface area (Å²) in [5.41, 5.74) is 0.290. The second kappa shape index (κ2) is 6.59. The van der Waals surface area contributed by atoms with Crippen molar-refractivity contribution in [2.45, 2.75) is 57.6 Å². The number of amides is 1. The number of ether oxygens (including phenoxy) is 1. The van der Waals surface area contributed by atoms with Crippen LogP contribution in [0.5, 0.6) is 0 Å². The average molecular weight is 330 g/mol. The van der Waals surface area contributed by atoms with Gasteiger partial charge in [-0.1, -0.05) is 11.6 Å². The van der Waals surface area contributed by atoms with Gasteiger partial charge >= 0.3 is 6.09 Å². The monoisotopic (exact) mass is 330 g/mol. The highest BCUT2D eigenvalue weighted by molar-refractivity contribution is 5.68. The highest BCUT2D eigenvalue weighted by Crippen LogP contribution is 2.34. The topological polar surface area (TPSA) is 90.1 Å². The third-order valence-electron chi connectivity index (χ3n) is 3.90. The van der Waals surface area contributed by atoms with E-state index in [2.05, 4.69) is 20.4 Å². The van der Waals surface area contributed by atoms with Crippen LogP contribution in [0, 0.1) is 0 Å². The summed E-state index contributed by atoms with van der Waals surface area (Å²) in [5.74, 6) is 1.07.